The molecule has 0 saturated carbocycles. The lowest BCUT2D eigenvalue weighted by Gasteiger charge is -2.28. The van der Waals surface area contributed by atoms with Crippen molar-refractivity contribution in [2.24, 2.45) is 0 Å². The van der Waals surface area contributed by atoms with Crippen LogP contribution < -0.4 is 38.8 Å². The van der Waals surface area contributed by atoms with Gasteiger partial charge in [-0.05, 0) is 55.8 Å². The molecule has 0 N–H and O–H groups in total. The lowest BCUT2D eigenvalue weighted by Crippen LogP contribution is -2.36. The normalized spacial score (nSPS) is 13.6. The molecule has 1 aliphatic carbocycles. The lowest BCUT2D eigenvalue weighted by atomic mass is 9.92. The van der Waals surface area contributed by atoms with Gasteiger partial charge in [-0.25, -0.2) is 4.58 Å². The maximum absolute atomic E-state index is 13.0. The number of nitrogens with zero attached hydrogens (tertiary/aromatic N) is 4. The molecule has 0 bridgehead atoms. The Balaban J connectivity index is 1.55. The molecule has 3 aliphatic rings. The minimum atomic E-state index is -0.474. The van der Waals surface area contributed by atoms with E-state index in [1.54, 1.807) is 11.0 Å². The first-order valence-electron chi connectivity index (χ1n) is 19.4. The fourth-order valence-electron chi connectivity index (χ4n) is 6.88. The molecule has 59 heavy (non-hydrogen) atoms. The van der Waals surface area contributed by atoms with E-state index in [0.29, 0.717) is 52.1 Å². The second-order valence-electron chi connectivity index (χ2n) is 14.7. The molecule has 3 aromatic rings. The summed E-state index contributed by atoms with van der Waals surface area (Å²) in [6, 6.07) is 21.6. The number of Topliss-reactive ketones (excluding diaryl/α,β-unsaturated/α-hetero) is 1. The number of ketones is 1. The van der Waals surface area contributed by atoms with Crippen molar-refractivity contribution >= 4 is 45.8 Å². The summed E-state index contributed by atoms with van der Waals surface area (Å²) in [6.45, 7) is 4.45. The summed E-state index contributed by atoms with van der Waals surface area (Å²) in [4.78, 5) is 43.6. The number of hydrogen-bond donors (Lipinski definition) is 0. The van der Waals surface area contributed by atoms with E-state index in [9.17, 15) is 14.4 Å². The van der Waals surface area contributed by atoms with Crippen LogP contribution in [0.2, 0.25) is 0 Å². The Kier molecular flexibility index (Phi) is 13.6. The van der Waals surface area contributed by atoms with Crippen LogP contribution in [-0.4, -0.2) is 119 Å². The lowest BCUT2D eigenvalue weighted by molar-refractivity contribution is -0.139. The Labute approximate surface area is 344 Å². The van der Waals surface area contributed by atoms with Crippen LogP contribution in [0.5, 0.6) is 17.2 Å². The summed E-state index contributed by atoms with van der Waals surface area (Å²) >= 11 is 0. The Bertz CT molecular complexity index is 2370. The first-order chi connectivity index (χ1) is 28.4. The molecule has 0 atom stereocenters. The summed E-state index contributed by atoms with van der Waals surface area (Å²) in [5.41, 5.74) is 6.11. The monoisotopic (exact) mass is 809 g/mol. The highest BCUT2D eigenvalue weighted by molar-refractivity contribution is 6.04. The molecule has 2 heterocycles. The van der Waals surface area contributed by atoms with E-state index in [-0.39, 0.29) is 58.5 Å². The zero-order valence-corrected chi connectivity index (χ0v) is 35.1. The molecular formula is C45H53N4O10+. The van der Waals surface area contributed by atoms with E-state index < -0.39 is 11.9 Å². The third kappa shape index (κ3) is 10.1. The number of rotatable bonds is 9. The summed E-state index contributed by atoms with van der Waals surface area (Å²) in [6.07, 6.45) is 0. The first kappa shape index (κ1) is 42.3. The number of esters is 2. The van der Waals surface area contributed by atoms with Gasteiger partial charge in [0.05, 0.1) is 44.9 Å². The number of benzene rings is 4. The van der Waals surface area contributed by atoms with Crippen LogP contribution in [0, 0.1) is 6.92 Å². The van der Waals surface area contributed by atoms with Gasteiger partial charge in [0.2, 0.25) is 5.36 Å². The van der Waals surface area contributed by atoms with Crippen LogP contribution in [0.25, 0.3) is 33.4 Å². The van der Waals surface area contributed by atoms with Gasteiger partial charge in [0, 0.05) is 73.1 Å². The summed E-state index contributed by atoms with van der Waals surface area (Å²) in [7, 11) is 10.6. The molecule has 0 spiro atoms. The topological polar surface area (TPSA) is 132 Å². The quantitative estimate of drug-likeness (QED) is 0.112. The van der Waals surface area contributed by atoms with Crippen LogP contribution in [0.15, 0.2) is 71.1 Å². The zero-order valence-electron chi connectivity index (χ0n) is 35.1. The van der Waals surface area contributed by atoms with E-state index in [2.05, 4.69) is 0 Å². The van der Waals surface area contributed by atoms with Crippen molar-refractivity contribution in [1.82, 2.24) is 4.58 Å². The van der Waals surface area contributed by atoms with Crippen LogP contribution in [0.1, 0.15) is 12.5 Å². The van der Waals surface area contributed by atoms with E-state index in [1.807, 2.05) is 110 Å². The maximum Gasteiger partial charge on any atom is 0.325 e. The van der Waals surface area contributed by atoms with Crippen LogP contribution in [0.4, 0.5) is 17.1 Å². The van der Waals surface area contributed by atoms with E-state index in [1.165, 1.54) is 21.1 Å². The molecule has 0 radical (unpaired) electrons. The average Bonchev–Trinajstić information content (AvgIpc) is 3.22. The van der Waals surface area contributed by atoms with Crippen molar-refractivity contribution in [2.45, 2.75) is 13.8 Å². The van der Waals surface area contributed by atoms with Crippen molar-refractivity contribution < 1.29 is 47.2 Å². The molecule has 0 fully saturated rings. The van der Waals surface area contributed by atoms with E-state index in [4.69, 9.17) is 32.8 Å². The Morgan fingerprint density at radius 1 is 0.763 bits per heavy atom. The van der Waals surface area contributed by atoms with Crippen molar-refractivity contribution in [2.75, 3.05) is 116 Å². The highest BCUT2D eigenvalue weighted by Gasteiger charge is 2.27. The second kappa shape index (κ2) is 19.0. The standard InChI is InChI=1S/C45H53N4O10/c1-29-9-14-36-41(21-29)56-19-20-57-42-24-35(45-33-12-10-31(46(3)4)22-39(33)59-40-23-32(47(5)6)11-13-34(40)45)38(58-28-30(2)50)25-37(42)49(27-44(52)54-8)16-18-55-17-15-48(36)26-43(51)53-7/h9-14,21-25H,15-20,26-28H2,1-8H3/q+1. The van der Waals surface area contributed by atoms with Crippen LogP contribution in [-0.2, 0) is 28.6 Å². The predicted molar refractivity (Wildman–Crippen MR) is 227 cm³/mol. The van der Waals surface area contributed by atoms with Gasteiger partial charge in [-0.1, -0.05) is 6.07 Å². The second-order valence-corrected chi connectivity index (χ2v) is 14.7. The van der Waals surface area contributed by atoms with Gasteiger partial charge in [-0.2, -0.15) is 0 Å². The Hall–Kier alpha value is -6.28. The maximum atomic E-state index is 13.0. The fourth-order valence-corrected chi connectivity index (χ4v) is 6.88. The molecule has 2 aliphatic heterocycles. The summed E-state index contributed by atoms with van der Waals surface area (Å²) < 4.78 is 44.2. The third-order valence-corrected chi connectivity index (χ3v) is 9.98. The molecule has 14 heteroatoms. The average molecular weight is 810 g/mol. The van der Waals surface area contributed by atoms with Crippen molar-refractivity contribution in [3.8, 4) is 39.7 Å². The van der Waals surface area contributed by atoms with Gasteiger partial charge in [0.15, 0.2) is 5.78 Å². The van der Waals surface area contributed by atoms with E-state index in [0.717, 1.165) is 33.1 Å². The zero-order chi connectivity index (χ0) is 42.2. The number of methoxy groups -OCH3 is 2. The highest BCUT2D eigenvalue weighted by Crippen LogP contribution is 2.48. The van der Waals surface area contributed by atoms with Crippen LogP contribution in [0.3, 0.4) is 0 Å². The highest BCUT2D eigenvalue weighted by atomic mass is 16.5. The van der Waals surface area contributed by atoms with Gasteiger partial charge >= 0.3 is 11.9 Å². The molecular weight excluding hydrogens is 757 g/mol. The van der Waals surface area contributed by atoms with Gasteiger partial charge in [0.1, 0.15) is 75.6 Å². The number of fused-ring (bicyclic) bond motifs is 4. The molecule has 312 valence electrons. The van der Waals surface area contributed by atoms with Gasteiger partial charge < -0.3 is 47.5 Å². The largest absolute Gasteiger partial charge is 0.488 e. The number of carbonyl (C=O) groups is 3. The molecule has 0 aromatic heterocycles. The minimum Gasteiger partial charge on any atom is -0.488 e. The fraction of sp³-hybridized carbons (Fsp3) is 0.378. The number of anilines is 3. The first-order valence-corrected chi connectivity index (χ1v) is 19.4. The SMILES string of the molecule is COC(=O)CN1CCOCCN(CC(=O)OC)c2cc(OCC(C)=O)c(-c3c4ccc(=[N+](C)C)cc-4oc4cc(N(C)C)ccc34)cc2OCCOc2cc(C)ccc21. The molecule has 0 unspecified atom stereocenters. The molecule has 14 nitrogen and oxygen atoms in total. The number of ether oxygens (including phenoxy) is 6. The number of carbonyl (C=O) groups excluding carboxylic acids is 3. The van der Waals surface area contributed by atoms with Crippen LogP contribution >= 0.6 is 0 Å². The molecule has 0 amide bonds. The van der Waals surface area contributed by atoms with Crippen molar-refractivity contribution in [3.63, 3.8) is 0 Å². The van der Waals surface area contributed by atoms with Crippen molar-refractivity contribution in [3.05, 3.63) is 77.7 Å². The van der Waals surface area contributed by atoms with Gasteiger partial charge in [-0.3, -0.25) is 14.4 Å². The molecule has 0 saturated heterocycles. The minimum absolute atomic E-state index is 0.00938. The van der Waals surface area contributed by atoms with Gasteiger partial charge in [-0.15, -0.1) is 0 Å². The Morgan fingerprint density at radius 3 is 2.05 bits per heavy atom. The summed E-state index contributed by atoms with van der Waals surface area (Å²) in [5, 5.41) is 1.77. The Morgan fingerprint density at radius 2 is 1.42 bits per heavy atom. The molecule has 6 rings (SSSR count). The van der Waals surface area contributed by atoms with E-state index >= 15 is 0 Å². The molecule has 3 aromatic carbocycles. The third-order valence-electron chi connectivity index (χ3n) is 9.98. The van der Waals surface area contributed by atoms with Crippen molar-refractivity contribution in [1.29, 1.82) is 0 Å². The number of hydrogen-bond acceptors (Lipinski definition) is 13. The van der Waals surface area contributed by atoms with Gasteiger partial charge in [0.25, 0.3) is 0 Å². The smallest absolute Gasteiger partial charge is 0.325 e. The predicted octanol–water partition coefficient (Wildman–Crippen LogP) is 5.03. The number of aryl methyl sites for hydroxylation is 1. The summed E-state index contributed by atoms with van der Waals surface area (Å²) in [5.74, 6) is 1.02.